The number of likely N-dealkylation sites (N-methyl/N-ethyl adjacent to an activating group) is 1. The quantitative estimate of drug-likeness (QED) is 0.238. The van der Waals surface area contributed by atoms with Gasteiger partial charge in [-0.3, -0.25) is 11.2 Å². The van der Waals surface area contributed by atoms with Crippen molar-refractivity contribution in [1.29, 1.82) is 0 Å². The molecule has 3 rings (SSSR count). The third kappa shape index (κ3) is 11.9. The van der Waals surface area contributed by atoms with Crippen LogP contribution in [0.5, 0.6) is 0 Å². The van der Waals surface area contributed by atoms with Crippen molar-refractivity contribution in [3.05, 3.63) is 6.42 Å². The summed E-state index contributed by atoms with van der Waals surface area (Å²) in [7, 11) is 7.46. The predicted octanol–water partition coefficient (Wildman–Crippen LogP) is 4.33. The standard InChI is InChI=1S/C39H73N2O10.Y/c1-16-29-39(11,44)33(42)27(7)40-21-22(2)18-37(8,9)34(51-36-32(45-14)28(41(12)13)17-23(3)48-36)25(5)31(26(6)35(43)49-29)50-30-20-38(10,46-15)19-24(4)47-30;/h19,22-34,36,40,42,44H,16-18,20-21H2,1-15H3;/q-1;/t22?,23?,24?,25?,26?,27?,28?,29-,30?,31?,32?,33?,34?,36?,38?,39?;/m1./s1. The molecule has 0 amide bonds. The number of aliphatic hydroxyl groups is 2. The first-order valence-corrected chi connectivity index (χ1v) is 19.2. The van der Waals surface area contributed by atoms with Crippen LogP contribution in [0.25, 0.3) is 0 Å². The molecule has 16 atom stereocenters. The second-order valence-electron chi connectivity index (χ2n) is 17.2. The van der Waals surface area contributed by atoms with Gasteiger partial charge < -0.3 is 53.6 Å². The first-order valence-electron chi connectivity index (χ1n) is 19.2. The average molecular weight is 819 g/mol. The summed E-state index contributed by atoms with van der Waals surface area (Å²) in [6.07, 6.45) is -1.13. The van der Waals surface area contributed by atoms with E-state index in [-0.39, 0.29) is 68.9 Å². The van der Waals surface area contributed by atoms with Gasteiger partial charge in [0.05, 0.1) is 24.2 Å². The van der Waals surface area contributed by atoms with E-state index in [1.54, 1.807) is 21.1 Å². The van der Waals surface area contributed by atoms with Gasteiger partial charge >= 0.3 is 5.97 Å². The molecule has 3 heterocycles. The van der Waals surface area contributed by atoms with Gasteiger partial charge in [0.25, 0.3) is 0 Å². The van der Waals surface area contributed by atoms with Gasteiger partial charge in [-0.25, -0.2) is 0 Å². The molecule has 3 aliphatic heterocycles. The van der Waals surface area contributed by atoms with Crippen LogP contribution in [0.15, 0.2) is 0 Å². The SMILES string of the molecule is CC[C@H]1OC(=O)C(C)C(OC2CC(C)(OC)[CH-]C(C)O2)C(C)C(OC2OC(C)CC(N(C)C)C2OC)C(C)(C)CC(C)CNC(C)C(O)C1(C)O.[Y]. The largest absolute Gasteiger partial charge is 0.459 e. The molecule has 0 bridgehead atoms. The number of ether oxygens (including phenoxy) is 7. The van der Waals surface area contributed by atoms with Crippen molar-refractivity contribution in [3.8, 4) is 0 Å². The minimum absolute atomic E-state index is 0. The van der Waals surface area contributed by atoms with Gasteiger partial charge in [0, 0.05) is 64.9 Å². The third-order valence-corrected chi connectivity index (χ3v) is 11.8. The Morgan fingerprint density at radius 2 is 1.62 bits per heavy atom. The van der Waals surface area contributed by atoms with E-state index in [9.17, 15) is 15.0 Å². The molecular weight excluding hydrogens is 745 g/mol. The van der Waals surface area contributed by atoms with E-state index >= 15 is 0 Å². The molecule has 0 aromatic heterocycles. The van der Waals surface area contributed by atoms with E-state index in [0.717, 1.165) is 12.8 Å². The number of rotatable bonds is 8. The van der Waals surface area contributed by atoms with E-state index in [1.165, 1.54) is 6.92 Å². The first kappa shape index (κ1) is 48.3. The predicted molar refractivity (Wildman–Crippen MR) is 196 cm³/mol. The van der Waals surface area contributed by atoms with E-state index in [1.807, 2.05) is 48.2 Å². The Morgan fingerprint density at radius 1 is 0.981 bits per heavy atom. The minimum Gasteiger partial charge on any atom is -0.459 e. The molecule has 0 aromatic rings. The van der Waals surface area contributed by atoms with Gasteiger partial charge in [-0.15, -0.1) is 0 Å². The molecule has 0 saturated carbocycles. The van der Waals surface area contributed by atoms with Crippen molar-refractivity contribution in [3.63, 3.8) is 0 Å². The minimum atomic E-state index is -1.71. The summed E-state index contributed by atoms with van der Waals surface area (Å²) in [6, 6.07) is -0.400. The molecule has 3 saturated heterocycles. The van der Waals surface area contributed by atoms with Crippen molar-refractivity contribution in [1.82, 2.24) is 10.2 Å². The fourth-order valence-corrected chi connectivity index (χ4v) is 8.84. The van der Waals surface area contributed by atoms with Crippen molar-refractivity contribution in [2.75, 3.05) is 34.9 Å². The van der Waals surface area contributed by atoms with E-state index in [2.05, 4.69) is 44.8 Å². The van der Waals surface area contributed by atoms with Crippen molar-refractivity contribution in [2.24, 2.45) is 23.2 Å². The van der Waals surface area contributed by atoms with Crippen LogP contribution in [0.2, 0.25) is 0 Å². The van der Waals surface area contributed by atoms with E-state index in [4.69, 9.17) is 33.2 Å². The molecule has 13 heteroatoms. The zero-order valence-corrected chi connectivity index (χ0v) is 37.7. The maximum atomic E-state index is 14.2. The third-order valence-electron chi connectivity index (χ3n) is 11.8. The summed E-state index contributed by atoms with van der Waals surface area (Å²) in [4.78, 5) is 16.4. The number of nitrogens with zero attached hydrogens (tertiary/aromatic N) is 1. The van der Waals surface area contributed by atoms with E-state index < -0.39 is 71.5 Å². The van der Waals surface area contributed by atoms with Crippen LogP contribution >= 0.6 is 0 Å². The fraction of sp³-hybridized carbons (Fsp3) is 0.949. The summed E-state index contributed by atoms with van der Waals surface area (Å²) >= 11 is 0. The van der Waals surface area contributed by atoms with Crippen LogP contribution in [-0.4, -0.2) is 135 Å². The Kier molecular flexibility index (Phi) is 18.6. The summed E-state index contributed by atoms with van der Waals surface area (Å²) in [6.45, 7) is 22.2. The van der Waals surface area contributed by atoms with Crippen LogP contribution in [0.4, 0.5) is 0 Å². The second-order valence-corrected chi connectivity index (χ2v) is 17.2. The average Bonchev–Trinajstić information content (AvgIpc) is 3.04. The van der Waals surface area contributed by atoms with Crippen LogP contribution in [-0.2, 0) is 70.7 Å². The maximum Gasteiger partial charge on any atom is 0.311 e. The molecule has 0 aromatic carbocycles. The monoisotopic (exact) mass is 818 g/mol. The normalized spacial score (nSPS) is 45.7. The molecule has 0 aliphatic carbocycles. The topological polar surface area (TPSA) is 137 Å². The number of aliphatic hydroxyl groups excluding tert-OH is 1. The van der Waals surface area contributed by atoms with Gasteiger partial charge in [0.15, 0.2) is 12.6 Å². The molecule has 15 unspecified atom stereocenters. The molecule has 0 spiro atoms. The first-order chi connectivity index (χ1) is 23.6. The van der Waals surface area contributed by atoms with Crippen LogP contribution in [0.1, 0.15) is 102 Å². The fourth-order valence-electron chi connectivity index (χ4n) is 8.84. The Hall–Kier alpha value is 0.174. The molecular formula is C39H73N2O10Y-. The Bertz CT molecular complexity index is 1100. The molecule has 303 valence electrons. The molecule has 52 heavy (non-hydrogen) atoms. The van der Waals surface area contributed by atoms with Gasteiger partial charge in [-0.1, -0.05) is 54.6 Å². The summed E-state index contributed by atoms with van der Waals surface area (Å²) in [5, 5.41) is 26.5. The Morgan fingerprint density at radius 3 is 2.17 bits per heavy atom. The van der Waals surface area contributed by atoms with Gasteiger partial charge in [-0.2, -0.15) is 0 Å². The smallest absolute Gasteiger partial charge is 0.311 e. The van der Waals surface area contributed by atoms with Gasteiger partial charge in [0.2, 0.25) is 0 Å². The van der Waals surface area contributed by atoms with Crippen LogP contribution < -0.4 is 5.32 Å². The number of cyclic esters (lactones) is 1. The zero-order valence-electron chi connectivity index (χ0n) is 34.9. The zero-order chi connectivity index (χ0) is 38.6. The molecule has 3 aliphatic rings. The summed E-state index contributed by atoms with van der Waals surface area (Å²) < 4.78 is 44.9. The number of carbonyl (C=O) groups excluding carboxylic acids is 1. The Labute approximate surface area is 340 Å². The summed E-state index contributed by atoms with van der Waals surface area (Å²) in [5.41, 5.74) is -2.76. The summed E-state index contributed by atoms with van der Waals surface area (Å²) in [5.74, 6) is -1.58. The molecule has 12 nitrogen and oxygen atoms in total. The van der Waals surface area contributed by atoms with E-state index in [0.29, 0.717) is 19.4 Å². The number of methoxy groups -OCH3 is 2. The van der Waals surface area contributed by atoms with Gasteiger partial charge in [-0.05, 0) is 91.0 Å². The Balaban J connectivity index is 0.00000936. The van der Waals surface area contributed by atoms with Crippen LogP contribution in [0.3, 0.4) is 0 Å². The number of carbonyl (C=O) groups is 1. The molecule has 3 fully saturated rings. The van der Waals surface area contributed by atoms with Crippen LogP contribution in [0, 0.1) is 29.6 Å². The molecule has 1 radical (unpaired) electrons. The van der Waals surface area contributed by atoms with Crippen molar-refractivity contribution < 1.29 is 80.9 Å². The number of hydrogen-bond donors (Lipinski definition) is 3. The van der Waals surface area contributed by atoms with Crippen molar-refractivity contribution in [2.45, 2.75) is 180 Å². The van der Waals surface area contributed by atoms with Gasteiger partial charge in [0.1, 0.15) is 23.9 Å². The van der Waals surface area contributed by atoms with Crippen molar-refractivity contribution >= 4 is 5.97 Å². The molecule has 3 N–H and O–H groups in total. The number of nitrogens with one attached hydrogen (secondary N) is 1. The number of esters is 1. The maximum absolute atomic E-state index is 14.2. The second kappa shape index (κ2) is 20.0. The number of hydrogen-bond acceptors (Lipinski definition) is 12.